The number of aromatic nitrogens is 1. The monoisotopic (exact) mass is 385 g/mol. The molecule has 2 heterocycles. The zero-order chi connectivity index (χ0) is 19.0. The van der Waals surface area contributed by atoms with E-state index in [1.54, 1.807) is 11.3 Å². The molecule has 27 heavy (non-hydrogen) atoms. The summed E-state index contributed by atoms with van der Waals surface area (Å²) in [5.41, 5.74) is 7.67. The zero-order valence-electron chi connectivity index (χ0n) is 16.6. The molecule has 0 saturated heterocycles. The Hall–Kier alpha value is -1.36. The van der Waals surface area contributed by atoms with Crippen LogP contribution in [0.3, 0.4) is 0 Å². The molecule has 4 aliphatic rings. The minimum atomic E-state index is 0.135. The van der Waals surface area contributed by atoms with Crippen molar-refractivity contribution in [3.63, 3.8) is 0 Å². The molecule has 0 spiro atoms. The van der Waals surface area contributed by atoms with E-state index in [-0.39, 0.29) is 11.3 Å². The number of nitrogen functional groups attached to an aromatic ring is 1. The molecule has 5 heteroatoms. The highest BCUT2D eigenvalue weighted by Crippen LogP contribution is 2.67. The number of thiazole rings is 1. The van der Waals surface area contributed by atoms with Crippen LogP contribution in [0.25, 0.3) is 0 Å². The highest BCUT2D eigenvalue weighted by Gasteiger charge is 2.60. The number of fused-ring (bicyclic) bond motifs is 5. The fraction of sp³-hybridized carbons (Fsp3) is 0.727. The number of carbonyl (C=O) groups excluding carboxylic acids is 1. The second kappa shape index (κ2) is 5.82. The molecule has 5 rings (SSSR count). The van der Waals surface area contributed by atoms with Crippen molar-refractivity contribution in [1.82, 2.24) is 9.88 Å². The molecule has 3 unspecified atom stereocenters. The Balaban J connectivity index is 1.47. The van der Waals surface area contributed by atoms with Crippen molar-refractivity contribution in [1.29, 1.82) is 0 Å². The Bertz CT molecular complexity index is 803. The van der Waals surface area contributed by atoms with E-state index in [1.165, 1.54) is 37.8 Å². The standard InChI is InChI=1S/C22H31N3OS/c1-21-10-8-15-13(4-7-18-22(15,2)11-9-19(26)25(18)3)14(21)5-6-16(21)17-12-27-20(23)24-17/h9,11-16,18H,4-8,10H2,1-3H3,(H2,23,24)/t13?,14-,15?,16+,18?,21-,22+/m0/s1. The molecule has 0 bridgehead atoms. The molecule has 0 aromatic carbocycles. The lowest BCUT2D eigenvalue weighted by Gasteiger charge is -2.60. The van der Waals surface area contributed by atoms with Crippen LogP contribution in [0.5, 0.6) is 0 Å². The van der Waals surface area contributed by atoms with Crippen LogP contribution in [0.1, 0.15) is 64.0 Å². The van der Waals surface area contributed by atoms with Crippen LogP contribution in [0.2, 0.25) is 0 Å². The molecule has 3 fully saturated rings. The third-order valence-corrected chi connectivity index (χ3v) is 9.72. The van der Waals surface area contributed by atoms with Crippen LogP contribution in [0.4, 0.5) is 5.13 Å². The van der Waals surface area contributed by atoms with Gasteiger partial charge in [-0.2, -0.15) is 0 Å². The Kier molecular flexibility index (Phi) is 3.82. The minimum absolute atomic E-state index is 0.135. The highest BCUT2D eigenvalue weighted by molar-refractivity contribution is 7.13. The average molecular weight is 386 g/mol. The van der Waals surface area contributed by atoms with Gasteiger partial charge in [-0.25, -0.2) is 4.98 Å². The molecule has 2 N–H and O–H groups in total. The van der Waals surface area contributed by atoms with Gasteiger partial charge in [-0.1, -0.05) is 19.9 Å². The third kappa shape index (κ3) is 2.33. The first-order valence-electron chi connectivity index (χ1n) is 10.5. The predicted molar refractivity (Wildman–Crippen MR) is 109 cm³/mol. The number of nitrogens with two attached hydrogens (primary N) is 1. The normalized spacial score (nSPS) is 46.1. The summed E-state index contributed by atoms with van der Waals surface area (Å²) in [5.74, 6) is 2.99. The first-order valence-corrected chi connectivity index (χ1v) is 11.4. The number of carbonyl (C=O) groups is 1. The van der Waals surface area contributed by atoms with Crippen LogP contribution in [-0.2, 0) is 4.79 Å². The number of nitrogens with zero attached hydrogens (tertiary/aromatic N) is 2. The molecule has 1 amide bonds. The van der Waals surface area contributed by atoms with E-state index in [0.29, 0.717) is 28.4 Å². The summed E-state index contributed by atoms with van der Waals surface area (Å²) >= 11 is 1.59. The largest absolute Gasteiger partial charge is 0.375 e. The lowest BCUT2D eigenvalue weighted by Crippen LogP contribution is -2.59. The summed E-state index contributed by atoms with van der Waals surface area (Å²) in [6.07, 6.45) is 11.6. The number of anilines is 1. The number of amides is 1. The van der Waals surface area contributed by atoms with Gasteiger partial charge >= 0.3 is 0 Å². The van der Waals surface area contributed by atoms with E-state index in [9.17, 15) is 4.79 Å². The molecule has 1 aromatic rings. The van der Waals surface area contributed by atoms with E-state index in [1.807, 2.05) is 18.0 Å². The molecular weight excluding hydrogens is 354 g/mol. The predicted octanol–water partition coefficient (Wildman–Crippen LogP) is 4.45. The minimum Gasteiger partial charge on any atom is -0.375 e. The van der Waals surface area contributed by atoms with Gasteiger partial charge in [-0.05, 0) is 67.8 Å². The zero-order valence-corrected chi connectivity index (χ0v) is 17.5. The number of rotatable bonds is 1. The van der Waals surface area contributed by atoms with Gasteiger partial charge in [0.25, 0.3) is 0 Å². The summed E-state index contributed by atoms with van der Waals surface area (Å²) in [5, 5.41) is 2.90. The lowest BCUT2D eigenvalue weighted by atomic mass is 9.47. The average Bonchev–Trinajstić information content (AvgIpc) is 3.21. The van der Waals surface area contributed by atoms with Crippen LogP contribution in [0, 0.1) is 28.6 Å². The van der Waals surface area contributed by atoms with Crippen LogP contribution < -0.4 is 5.73 Å². The van der Waals surface area contributed by atoms with Gasteiger partial charge < -0.3 is 10.6 Å². The SMILES string of the molecule is CN1C(=O)C=C[C@]2(C)C3CC[C@]4(C)[C@@H](c5csc(N)n5)CC[C@H]4C3CCC12. The van der Waals surface area contributed by atoms with E-state index < -0.39 is 0 Å². The maximum atomic E-state index is 12.2. The lowest BCUT2D eigenvalue weighted by molar-refractivity contribution is -0.138. The van der Waals surface area contributed by atoms with Gasteiger partial charge in [0.15, 0.2) is 5.13 Å². The molecule has 0 radical (unpaired) electrons. The topological polar surface area (TPSA) is 59.2 Å². The molecule has 3 saturated carbocycles. The van der Waals surface area contributed by atoms with Crippen molar-refractivity contribution < 1.29 is 4.79 Å². The Morgan fingerprint density at radius 3 is 2.74 bits per heavy atom. The highest BCUT2D eigenvalue weighted by atomic mass is 32.1. The van der Waals surface area contributed by atoms with Gasteiger partial charge in [0, 0.05) is 29.8 Å². The van der Waals surface area contributed by atoms with E-state index in [4.69, 9.17) is 5.73 Å². The van der Waals surface area contributed by atoms with Gasteiger partial charge in [0.2, 0.25) is 5.91 Å². The summed E-state index contributed by atoms with van der Waals surface area (Å²) < 4.78 is 0. The van der Waals surface area contributed by atoms with Crippen molar-refractivity contribution >= 4 is 22.4 Å². The van der Waals surface area contributed by atoms with E-state index in [2.05, 4.69) is 30.3 Å². The Labute approximate surface area is 166 Å². The maximum Gasteiger partial charge on any atom is 0.246 e. The summed E-state index contributed by atoms with van der Waals surface area (Å²) in [6, 6.07) is 0.371. The molecule has 146 valence electrons. The third-order valence-electron chi connectivity index (χ3n) is 9.02. The first kappa shape index (κ1) is 17.7. The van der Waals surface area contributed by atoms with Gasteiger partial charge in [-0.3, -0.25) is 4.79 Å². The Morgan fingerprint density at radius 1 is 1.19 bits per heavy atom. The second-order valence-electron chi connectivity index (χ2n) is 9.90. The molecule has 1 aliphatic heterocycles. The molecule has 3 aliphatic carbocycles. The van der Waals surface area contributed by atoms with Crippen LogP contribution >= 0.6 is 11.3 Å². The molecular formula is C22H31N3OS. The number of hydrogen-bond donors (Lipinski definition) is 1. The van der Waals surface area contributed by atoms with Crippen molar-refractivity contribution in [3.05, 3.63) is 23.2 Å². The maximum absolute atomic E-state index is 12.2. The fourth-order valence-electron chi connectivity index (χ4n) is 7.68. The van der Waals surface area contributed by atoms with Crippen molar-refractivity contribution in [3.8, 4) is 0 Å². The smallest absolute Gasteiger partial charge is 0.246 e. The van der Waals surface area contributed by atoms with Crippen LogP contribution in [0.15, 0.2) is 17.5 Å². The Morgan fingerprint density at radius 2 is 2.00 bits per heavy atom. The molecule has 4 nitrogen and oxygen atoms in total. The summed E-state index contributed by atoms with van der Waals surface area (Å²) in [7, 11) is 2.00. The fourth-order valence-corrected chi connectivity index (χ4v) is 8.30. The van der Waals surface area contributed by atoms with Crippen molar-refractivity contribution in [2.45, 2.75) is 64.3 Å². The summed E-state index contributed by atoms with van der Waals surface area (Å²) in [6.45, 7) is 4.95. The first-order chi connectivity index (χ1) is 12.8. The van der Waals surface area contributed by atoms with Crippen molar-refractivity contribution in [2.75, 3.05) is 12.8 Å². The number of hydrogen-bond acceptors (Lipinski definition) is 4. The van der Waals surface area contributed by atoms with Crippen molar-refractivity contribution in [2.24, 2.45) is 28.6 Å². The quantitative estimate of drug-likeness (QED) is 0.777. The second-order valence-corrected chi connectivity index (χ2v) is 10.8. The number of likely N-dealkylation sites (N-methyl/N-ethyl adjacent to an activating group) is 1. The van der Waals surface area contributed by atoms with Gasteiger partial charge in [0.05, 0.1) is 5.69 Å². The van der Waals surface area contributed by atoms with Crippen LogP contribution in [-0.4, -0.2) is 28.9 Å². The summed E-state index contributed by atoms with van der Waals surface area (Å²) in [4.78, 5) is 18.9. The molecule has 1 aromatic heterocycles. The van der Waals surface area contributed by atoms with E-state index >= 15 is 0 Å². The van der Waals surface area contributed by atoms with Gasteiger partial charge in [0.1, 0.15) is 0 Å². The van der Waals surface area contributed by atoms with Gasteiger partial charge in [-0.15, -0.1) is 11.3 Å². The van der Waals surface area contributed by atoms with E-state index in [0.717, 1.165) is 18.3 Å². The molecule has 7 atom stereocenters.